The van der Waals surface area contributed by atoms with Gasteiger partial charge < -0.3 is 10.1 Å². The van der Waals surface area contributed by atoms with Crippen molar-refractivity contribution in [1.29, 1.82) is 0 Å². The van der Waals surface area contributed by atoms with Crippen LogP contribution < -0.4 is 10.1 Å². The van der Waals surface area contributed by atoms with Crippen LogP contribution >= 0.6 is 0 Å². The van der Waals surface area contributed by atoms with Crippen molar-refractivity contribution in [2.45, 2.75) is 18.7 Å². The summed E-state index contributed by atoms with van der Waals surface area (Å²) in [7, 11) is -0.0679. The zero-order chi connectivity index (χ0) is 12.3. The Hall–Kier alpha value is -1.07. The van der Waals surface area contributed by atoms with E-state index in [1.54, 1.807) is 33.2 Å². The number of ether oxygens (including phenoxy) is 1. The molecule has 90 valence electrons. The maximum Gasteiger partial charge on any atom is 0.191 e. The lowest BCUT2D eigenvalue weighted by Crippen LogP contribution is -2.20. The molecule has 1 N–H and O–H groups in total. The van der Waals surface area contributed by atoms with Crippen molar-refractivity contribution in [3.05, 3.63) is 23.3 Å². The van der Waals surface area contributed by atoms with E-state index in [0.717, 1.165) is 5.56 Å². The fourth-order valence-electron chi connectivity index (χ4n) is 1.59. The molecule has 0 aliphatic heterocycles. The van der Waals surface area contributed by atoms with Gasteiger partial charge in [-0.15, -0.1) is 0 Å². The van der Waals surface area contributed by atoms with Crippen LogP contribution in [0.15, 0.2) is 17.0 Å². The lowest BCUT2D eigenvalue weighted by atomic mass is 10.1. The summed E-state index contributed by atoms with van der Waals surface area (Å²) < 4.78 is 28.9. The summed E-state index contributed by atoms with van der Waals surface area (Å²) in [5.74, 6) is 0.653. The van der Waals surface area contributed by atoms with Crippen LogP contribution in [0.2, 0.25) is 0 Å². The third kappa shape index (κ3) is 2.54. The second kappa shape index (κ2) is 4.84. The minimum atomic E-state index is -3.26. The molecular formula is C11H17NO3S. The van der Waals surface area contributed by atoms with E-state index in [9.17, 15) is 8.42 Å². The van der Waals surface area contributed by atoms with Crippen molar-refractivity contribution in [2.75, 3.05) is 20.0 Å². The van der Waals surface area contributed by atoms with Crippen LogP contribution in [-0.4, -0.2) is 28.5 Å². The number of benzene rings is 1. The standard InChI is InChI=1S/C11H17NO3S/c1-8-6-11(16(13,14)7-12-3)9(2)5-10(8)15-4/h5-6,12H,7H2,1-4H3. The van der Waals surface area contributed by atoms with E-state index >= 15 is 0 Å². The Kier molecular flexibility index (Phi) is 3.93. The van der Waals surface area contributed by atoms with Gasteiger partial charge in [-0.1, -0.05) is 0 Å². The van der Waals surface area contributed by atoms with Crippen molar-refractivity contribution < 1.29 is 13.2 Å². The Balaban J connectivity index is 3.31. The van der Waals surface area contributed by atoms with Crippen molar-refractivity contribution in [1.82, 2.24) is 5.32 Å². The van der Waals surface area contributed by atoms with Crippen LogP contribution in [-0.2, 0) is 9.84 Å². The highest BCUT2D eigenvalue weighted by atomic mass is 32.2. The Bertz CT molecular complexity index is 480. The van der Waals surface area contributed by atoms with E-state index in [2.05, 4.69) is 5.32 Å². The lowest BCUT2D eigenvalue weighted by Gasteiger charge is -2.11. The van der Waals surface area contributed by atoms with Crippen LogP contribution in [0.4, 0.5) is 0 Å². The number of methoxy groups -OCH3 is 1. The average Bonchev–Trinajstić information content (AvgIpc) is 2.20. The van der Waals surface area contributed by atoms with Crippen molar-refractivity contribution >= 4 is 9.84 Å². The Morgan fingerprint density at radius 3 is 2.38 bits per heavy atom. The first kappa shape index (κ1) is 13.0. The minimum absolute atomic E-state index is 0.0559. The van der Waals surface area contributed by atoms with E-state index in [-0.39, 0.29) is 5.88 Å². The van der Waals surface area contributed by atoms with Crippen LogP contribution in [0, 0.1) is 13.8 Å². The van der Waals surface area contributed by atoms with Gasteiger partial charge in [0.2, 0.25) is 0 Å². The summed E-state index contributed by atoms with van der Waals surface area (Å²) in [6.07, 6.45) is 0. The number of rotatable bonds is 4. The van der Waals surface area contributed by atoms with Gasteiger partial charge in [-0.25, -0.2) is 8.42 Å². The molecule has 0 atom stereocenters. The fourth-order valence-corrected chi connectivity index (χ4v) is 3.03. The zero-order valence-corrected chi connectivity index (χ0v) is 10.8. The molecule has 0 aromatic heterocycles. The molecule has 0 amide bonds. The van der Waals surface area contributed by atoms with E-state index in [1.807, 2.05) is 6.92 Å². The maximum absolute atomic E-state index is 11.9. The molecule has 0 spiro atoms. The molecule has 0 aliphatic rings. The molecular weight excluding hydrogens is 226 g/mol. The molecule has 0 aliphatic carbocycles. The largest absolute Gasteiger partial charge is 0.496 e. The SMILES string of the molecule is CNCS(=O)(=O)c1cc(C)c(OC)cc1C. The van der Waals surface area contributed by atoms with Gasteiger partial charge in [0.25, 0.3) is 0 Å². The molecule has 0 heterocycles. The average molecular weight is 243 g/mol. The van der Waals surface area contributed by atoms with Gasteiger partial charge in [-0.3, -0.25) is 0 Å². The predicted octanol–water partition coefficient (Wildman–Crippen LogP) is 1.26. The molecule has 1 aromatic rings. The number of sulfone groups is 1. The summed E-state index contributed by atoms with van der Waals surface area (Å²) in [5, 5.41) is 2.66. The molecule has 0 radical (unpaired) electrons. The molecule has 16 heavy (non-hydrogen) atoms. The summed E-state index contributed by atoms with van der Waals surface area (Å²) >= 11 is 0. The normalized spacial score (nSPS) is 11.5. The van der Waals surface area contributed by atoms with Gasteiger partial charge in [-0.2, -0.15) is 0 Å². The smallest absolute Gasteiger partial charge is 0.191 e. The second-order valence-corrected chi connectivity index (χ2v) is 5.66. The fraction of sp³-hybridized carbons (Fsp3) is 0.455. The molecule has 1 rings (SSSR count). The first-order chi connectivity index (χ1) is 7.42. The Morgan fingerprint density at radius 1 is 1.25 bits per heavy atom. The minimum Gasteiger partial charge on any atom is -0.496 e. The molecule has 4 nitrogen and oxygen atoms in total. The van der Waals surface area contributed by atoms with Crippen LogP contribution in [0.1, 0.15) is 11.1 Å². The van der Waals surface area contributed by atoms with E-state index in [0.29, 0.717) is 16.2 Å². The highest BCUT2D eigenvalue weighted by Gasteiger charge is 2.17. The van der Waals surface area contributed by atoms with Gasteiger partial charge >= 0.3 is 0 Å². The molecule has 0 unspecified atom stereocenters. The van der Waals surface area contributed by atoms with E-state index in [1.165, 1.54) is 0 Å². The van der Waals surface area contributed by atoms with Gasteiger partial charge in [0.1, 0.15) is 11.6 Å². The summed E-state index contributed by atoms with van der Waals surface area (Å²) in [6, 6.07) is 3.40. The maximum atomic E-state index is 11.9. The Morgan fingerprint density at radius 2 is 1.88 bits per heavy atom. The van der Waals surface area contributed by atoms with Gasteiger partial charge in [-0.05, 0) is 44.2 Å². The van der Waals surface area contributed by atoms with Crippen LogP contribution in [0.3, 0.4) is 0 Å². The molecule has 1 aromatic carbocycles. The number of hydrogen-bond acceptors (Lipinski definition) is 4. The van der Waals surface area contributed by atoms with Gasteiger partial charge in [0.15, 0.2) is 9.84 Å². The zero-order valence-electron chi connectivity index (χ0n) is 9.99. The first-order valence-corrected chi connectivity index (χ1v) is 6.60. The topological polar surface area (TPSA) is 55.4 Å². The van der Waals surface area contributed by atoms with Crippen molar-refractivity contribution in [3.63, 3.8) is 0 Å². The van der Waals surface area contributed by atoms with Crippen LogP contribution in [0.5, 0.6) is 5.75 Å². The monoisotopic (exact) mass is 243 g/mol. The predicted molar refractivity (Wildman–Crippen MR) is 63.6 cm³/mol. The molecule has 0 bridgehead atoms. The molecule has 0 saturated heterocycles. The van der Waals surface area contributed by atoms with Crippen LogP contribution in [0.25, 0.3) is 0 Å². The van der Waals surface area contributed by atoms with Gasteiger partial charge in [0.05, 0.1) is 12.0 Å². The Labute approximate surface area is 96.5 Å². The van der Waals surface area contributed by atoms with E-state index < -0.39 is 9.84 Å². The summed E-state index contributed by atoms with van der Waals surface area (Å²) in [4.78, 5) is 0.361. The third-order valence-electron chi connectivity index (χ3n) is 2.36. The number of aryl methyl sites for hydroxylation is 2. The molecule has 5 heteroatoms. The quantitative estimate of drug-likeness (QED) is 0.865. The van der Waals surface area contributed by atoms with E-state index in [4.69, 9.17) is 4.74 Å². The molecule has 0 fully saturated rings. The van der Waals surface area contributed by atoms with Gasteiger partial charge in [0, 0.05) is 0 Å². The highest BCUT2D eigenvalue weighted by molar-refractivity contribution is 7.91. The summed E-state index contributed by atoms with van der Waals surface area (Å²) in [6.45, 7) is 3.60. The van der Waals surface area contributed by atoms with Crippen molar-refractivity contribution in [3.8, 4) is 5.75 Å². The number of nitrogens with one attached hydrogen (secondary N) is 1. The molecule has 0 saturated carbocycles. The first-order valence-electron chi connectivity index (χ1n) is 4.95. The highest BCUT2D eigenvalue weighted by Crippen LogP contribution is 2.25. The summed E-state index contributed by atoms with van der Waals surface area (Å²) in [5.41, 5.74) is 1.53. The second-order valence-electron chi connectivity index (χ2n) is 3.70. The third-order valence-corrected chi connectivity index (χ3v) is 4.14. The lowest BCUT2D eigenvalue weighted by molar-refractivity contribution is 0.411. The number of hydrogen-bond donors (Lipinski definition) is 1. The van der Waals surface area contributed by atoms with Crippen molar-refractivity contribution in [2.24, 2.45) is 0 Å².